The minimum atomic E-state index is 0.00829. The van der Waals surface area contributed by atoms with Crippen LogP contribution in [0.25, 0.3) is 10.2 Å². The lowest BCUT2D eigenvalue weighted by Crippen LogP contribution is -2.41. The van der Waals surface area contributed by atoms with Gasteiger partial charge in [0.05, 0.1) is 18.6 Å². The highest BCUT2D eigenvalue weighted by Gasteiger charge is 2.31. The number of aryl methyl sites for hydroxylation is 3. The predicted molar refractivity (Wildman–Crippen MR) is 88.8 cm³/mol. The number of hydrogen-bond donors (Lipinski definition) is 0. The van der Waals surface area contributed by atoms with Crippen LogP contribution in [0, 0.1) is 13.8 Å². The molecule has 1 fully saturated rings. The maximum atomic E-state index is 5.70. The van der Waals surface area contributed by atoms with E-state index in [1.165, 1.54) is 10.4 Å². The second-order valence-corrected chi connectivity index (χ2v) is 6.89. The Morgan fingerprint density at radius 3 is 2.87 bits per heavy atom. The Labute approximate surface area is 137 Å². The average Bonchev–Trinajstić information content (AvgIpc) is 3.11. The summed E-state index contributed by atoms with van der Waals surface area (Å²) in [5.74, 6) is 1.86. The molecule has 3 aromatic rings. The number of nitrogens with zero attached hydrogens (tertiary/aromatic N) is 6. The number of fused-ring (bicyclic) bond motifs is 1. The molecule has 3 aromatic heterocycles. The van der Waals surface area contributed by atoms with E-state index in [2.05, 4.69) is 38.8 Å². The van der Waals surface area contributed by atoms with Crippen LogP contribution < -0.4 is 4.90 Å². The quantitative estimate of drug-likeness (QED) is 0.716. The Hall–Kier alpha value is -2.06. The first-order valence-corrected chi connectivity index (χ1v) is 8.37. The molecule has 7 nitrogen and oxygen atoms in total. The van der Waals surface area contributed by atoms with Crippen LogP contribution >= 0.6 is 11.3 Å². The summed E-state index contributed by atoms with van der Waals surface area (Å²) >= 11 is 1.72. The van der Waals surface area contributed by atoms with Gasteiger partial charge in [0.15, 0.2) is 5.82 Å². The molecule has 1 saturated heterocycles. The number of aromatic nitrogens is 5. The van der Waals surface area contributed by atoms with Crippen molar-refractivity contribution < 1.29 is 4.74 Å². The van der Waals surface area contributed by atoms with Gasteiger partial charge in [-0.3, -0.25) is 4.68 Å². The normalized spacial score (nSPS) is 18.7. The summed E-state index contributed by atoms with van der Waals surface area (Å²) in [6.07, 6.45) is 3.23. The number of hydrogen-bond acceptors (Lipinski definition) is 7. The van der Waals surface area contributed by atoms with Crippen LogP contribution in [-0.4, -0.2) is 44.5 Å². The molecule has 1 atom stereocenters. The van der Waals surface area contributed by atoms with Crippen molar-refractivity contribution in [1.29, 1.82) is 0 Å². The molecule has 0 aliphatic carbocycles. The molecule has 0 unspecified atom stereocenters. The Kier molecular flexibility index (Phi) is 3.50. The van der Waals surface area contributed by atoms with E-state index in [1.54, 1.807) is 28.7 Å². The van der Waals surface area contributed by atoms with Gasteiger partial charge in [-0.15, -0.1) is 11.3 Å². The molecule has 1 aliphatic rings. The maximum absolute atomic E-state index is 5.70. The summed E-state index contributed by atoms with van der Waals surface area (Å²) in [7, 11) is 1.91. The van der Waals surface area contributed by atoms with E-state index >= 15 is 0 Å². The van der Waals surface area contributed by atoms with Gasteiger partial charge in [-0.25, -0.2) is 15.0 Å². The van der Waals surface area contributed by atoms with E-state index in [0.29, 0.717) is 13.2 Å². The van der Waals surface area contributed by atoms with Gasteiger partial charge < -0.3 is 9.64 Å². The molecular weight excluding hydrogens is 312 g/mol. The first-order valence-electron chi connectivity index (χ1n) is 7.55. The Morgan fingerprint density at radius 2 is 2.09 bits per heavy atom. The molecule has 0 bridgehead atoms. The van der Waals surface area contributed by atoms with Crippen molar-refractivity contribution in [1.82, 2.24) is 24.7 Å². The average molecular weight is 330 g/mol. The fourth-order valence-corrected chi connectivity index (χ4v) is 4.05. The molecule has 0 radical (unpaired) electrons. The third kappa shape index (κ3) is 2.29. The van der Waals surface area contributed by atoms with Crippen LogP contribution in [0.3, 0.4) is 0 Å². The van der Waals surface area contributed by atoms with Crippen molar-refractivity contribution in [2.24, 2.45) is 7.05 Å². The smallest absolute Gasteiger partial charge is 0.151 e. The van der Waals surface area contributed by atoms with Gasteiger partial charge in [0, 0.05) is 18.5 Å². The first-order chi connectivity index (χ1) is 11.2. The lowest BCUT2D eigenvalue weighted by molar-refractivity contribution is 0.0904. The van der Waals surface area contributed by atoms with Crippen molar-refractivity contribution >= 4 is 27.4 Å². The van der Waals surface area contributed by atoms with E-state index in [9.17, 15) is 0 Å². The van der Waals surface area contributed by atoms with Crippen LogP contribution in [-0.2, 0) is 11.8 Å². The Bertz CT molecular complexity index is 857. The van der Waals surface area contributed by atoms with E-state index in [-0.39, 0.29) is 6.04 Å². The number of rotatable bonds is 2. The molecule has 4 heterocycles. The second kappa shape index (κ2) is 5.54. The minimum absolute atomic E-state index is 0.00829. The lowest BCUT2D eigenvalue weighted by atomic mass is 10.1. The molecule has 4 rings (SSSR count). The zero-order valence-electron chi connectivity index (χ0n) is 13.4. The zero-order valence-corrected chi connectivity index (χ0v) is 14.2. The summed E-state index contributed by atoms with van der Waals surface area (Å²) in [5, 5.41) is 5.34. The molecule has 0 saturated carbocycles. The van der Waals surface area contributed by atoms with Gasteiger partial charge in [0.2, 0.25) is 0 Å². The first kappa shape index (κ1) is 14.5. The lowest BCUT2D eigenvalue weighted by Gasteiger charge is -2.36. The molecule has 8 heteroatoms. The predicted octanol–water partition coefficient (Wildman–Crippen LogP) is 2.01. The van der Waals surface area contributed by atoms with E-state index in [4.69, 9.17) is 4.74 Å². The van der Waals surface area contributed by atoms with Gasteiger partial charge in [0.1, 0.15) is 29.3 Å². The highest BCUT2D eigenvalue weighted by Crippen LogP contribution is 2.37. The molecule has 23 heavy (non-hydrogen) atoms. The minimum Gasteiger partial charge on any atom is -0.377 e. The SMILES string of the molecule is Cc1sc2ncnc(N3CCOC[C@@H]3c3ncnn3C)c2c1C. The van der Waals surface area contributed by atoms with Crippen LogP contribution in [0.5, 0.6) is 0 Å². The fraction of sp³-hybridized carbons (Fsp3) is 0.467. The summed E-state index contributed by atoms with van der Waals surface area (Å²) in [6.45, 7) is 6.31. The summed E-state index contributed by atoms with van der Waals surface area (Å²) in [4.78, 5) is 18.0. The van der Waals surface area contributed by atoms with E-state index in [1.807, 2.05) is 7.05 Å². The van der Waals surface area contributed by atoms with Gasteiger partial charge in [-0.05, 0) is 19.4 Å². The third-order valence-electron chi connectivity index (χ3n) is 4.39. The van der Waals surface area contributed by atoms with Crippen molar-refractivity contribution in [2.45, 2.75) is 19.9 Å². The van der Waals surface area contributed by atoms with Crippen molar-refractivity contribution in [3.8, 4) is 0 Å². The molecular formula is C15H18N6OS. The standard InChI is InChI=1S/C15H18N6OS/c1-9-10(2)23-15-12(9)14(16-7-18-15)21-4-5-22-6-11(21)13-17-8-19-20(13)3/h7-8,11H,4-6H2,1-3H3/t11-/m1/s1. The van der Waals surface area contributed by atoms with Crippen molar-refractivity contribution in [2.75, 3.05) is 24.7 Å². The fourth-order valence-electron chi connectivity index (χ4n) is 3.06. The highest BCUT2D eigenvalue weighted by molar-refractivity contribution is 7.18. The Morgan fingerprint density at radius 1 is 1.22 bits per heavy atom. The molecule has 1 aliphatic heterocycles. The monoisotopic (exact) mass is 330 g/mol. The van der Waals surface area contributed by atoms with Crippen molar-refractivity contribution in [3.05, 3.63) is 28.9 Å². The molecule has 0 N–H and O–H groups in total. The number of ether oxygens (including phenoxy) is 1. The van der Waals surface area contributed by atoms with Gasteiger partial charge in [-0.2, -0.15) is 5.10 Å². The maximum Gasteiger partial charge on any atom is 0.151 e. The third-order valence-corrected chi connectivity index (χ3v) is 5.51. The molecule has 0 aromatic carbocycles. The second-order valence-electron chi connectivity index (χ2n) is 5.69. The largest absolute Gasteiger partial charge is 0.377 e. The van der Waals surface area contributed by atoms with Gasteiger partial charge in [-0.1, -0.05) is 0 Å². The Balaban J connectivity index is 1.86. The number of anilines is 1. The summed E-state index contributed by atoms with van der Waals surface area (Å²) in [6, 6.07) is 0.00829. The summed E-state index contributed by atoms with van der Waals surface area (Å²) < 4.78 is 7.50. The van der Waals surface area contributed by atoms with Crippen LogP contribution in [0.4, 0.5) is 5.82 Å². The van der Waals surface area contributed by atoms with Crippen LogP contribution in [0.1, 0.15) is 22.3 Å². The zero-order chi connectivity index (χ0) is 16.0. The van der Waals surface area contributed by atoms with Gasteiger partial charge >= 0.3 is 0 Å². The molecule has 0 amide bonds. The van der Waals surface area contributed by atoms with Crippen LogP contribution in [0.2, 0.25) is 0 Å². The topological polar surface area (TPSA) is 69.0 Å². The van der Waals surface area contributed by atoms with Crippen molar-refractivity contribution in [3.63, 3.8) is 0 Å². The highest BCUT2D eigenvalue weighted by atomic mass is 32.1. The molecule has 0 spiro atoms. The number of thiophene rings is 1. The van der Waals surface area contributed by atoms with Gasteiger partial charge in [0.25, 0.3) is 0 Å². The van der Waals surface area contributed by atoms with E-state index in [0.717, 1.165) is 28.4 Å². The molecule has 120 valence electrons. The number of morpholine rings is 1. The van der Waals surface area contributed by atoms with Crippen LogP contribution in [0.15, 0.2) is 12.7 Å². The summed E-state index contributed by atoms with van der Waals surface area (Å²) in [5.41, 5.74) is 1.25. The van der Waals surface area contributed by atoms with E-state index < -0.39 is 0 Å².